The minimum atomic E-state index is -0.228. The average Bonchev–Trinajstić information content (AvgIpc) is 2.81. The van der Waals surface area contributed by atoms with Crippen LogP contribution in [0.25, 0.3) is 0 Å². The Labute approximate surface area is 118 Å². The van der Waals surface area contributed by atoms with Gasteiger partial charge in [0.05, 0.1) is 0 Å². The molecule has 3 rings (SSSR count). The monoisotopic (exact) mass is 271 g/mol. The molecule has 0 aliphatic heterocycles. The molecule has 3 heteroatoms. The van der Waals surface area contributed by atoms with Gasteiger partial charge in [0.1, 0.15) is 18.2 Å². The Morgan fingerprint density at radius 1 is 1.25 bits per heavy atom. The van der Waals surface area contributed by atoms with Gasteiger partial charge in [-0.1, -0.05) is 12.1 Å². The third-order valence-electron chi connectivity index (χ3n) is 3.94. The second-order valence-electron chi connectivity index (χ2n) is 5.37. The fraction of sp³-hybridized carbons (Fsp3) is 0.294. The first-order valence-electron chi connectivity index (χ1n) is 6.90. The van der Waals surface area contributed by atoms with Gasteiger partial charge in [0.25, 0.3) is 0 Å². The molecule has 1 aliphatic carbocycles. The summed E-state index contributed by atoms with van der Waals surface area (Å²) >= 11 is 0. The molecule has 1 aliphatic rings. The predicted octanol–water partition coefficient (Wildman–Crippen LogP) is 3.66. The maximum atomic E-state index is 13.2. The van der Waals surface area contributed by atoms with E-state index >= 15 is 0 Å². The van der Waals surface area contributed by atoms with Crippen LogP contribution < -0.4 is 10.5 Å². The highest BCUT2D eigenvalue weighted by atomic mass is 19.1. The van der Waals surface area contributed by atoms with Crippen LogP contribution >= 0.6 is 0 Å². The third kappa shape index (κ3) is 2.54. The zero-order chi connectivity index (χ0) is 14.1. The maximum absolute atomic E-state index is 13.2. The average molecular weight is 271 g/mol. The van der Waals surface area contributed by atoms with Crippen molar-refractivity contribution in [1.82, 2.24) is 0 Å². The standard InChI is InChI=1S/C17H18FNO/c1-11-2-4-14(18)8-13(11)10-20-15-5-6-16-12(9-15)3-7-17(16)19/h2,4-6,8-9,17H,3,7,10,19H2,1H3. The Balaban J connectivity index is 1.74. The Kier molecular flexibility index (Phi) is 3.45. The first-order valence-corrected chi connectivity index (χ1v) is 6.90. The van der Waals surface area contributed by atoms with Gasteiger partial charge in [-0.15, -0.1) is 0 Å². The lowest BCUT2D eigenvalue weighted by Crippen LogP contribution is -2.05. The van der Waals surface area contributed by atoms with E-state index in [4.69, 9.17) is 10.5 Å². The molecule has 1 unspecified atom stereocenters. The highest BCUT2D eigenvalue weighted by Crippen LogP contribution is 2.32. The van der Waals surface area contributed by atoms with Crippen molar-refractivity contribution in [1.29, 1.82) is 0 Å². The van der Waals surface area contributed by atoms with Crippen LogP contribution in [0.5, 0.6) is 5.75 Å². The molecule has 2 N–H and O–H groups in total. The van der Waals surface area contributed by atoms with Crippen molar-refractivity contribution in [2.45, 2.75) is 32.4 Å². The van der Waals surface area contributed by atoms with E-state index in [0.717, 1.165) is 29.7 Å². The molecule has 1 atom stereocenters. The van der Waals surface area contributed by atoms with Crippen LogP contribution in [-0.4, -0.2) is 0 Å². The van der Waals surface area contributed by atoms with E-state index in [2.05, 4.69) is 6.07 Å². The molecule has 0 fully saturated rings. The molecule has 0 spiro atoms. The lowest BCUT2D eigenvalue weighted by molar-refractivity contribution is 0.304. The summed E-state index contributed by atoms with van der Waals surface area (Å²) in [6, 6.07) is 11.0. The number of nitrogens with two attached hydrogens (primary N) is 1. The van der Waals surface area contributed by atoms with E-state index in [1.165, 1.54) is 23.3 Å². The number of hydrogen-bond acceptors (Lipinski definition) is 2. The van der Waals surface area contributed by atoms with Gasteiger partial charge in [0.15, 0.2) is 0 Å². The van der Waals surface area contributed by atoms with Gasteiger partial charge >= 0.3 is 0 Å². The van der Waals surface area contributed by atoms with Crippen LogP contribution in [0.1, 0.15) is 34.7 Å². The van der Waals surface area contributed by atoms with E-state index in [1.807, 2.05) is 19.1 Å². The molecule has 0 radical (unpaired) electrons. The number of rotatable bonds is 3. The van der Waals surface area contributed by atoms with Crippen molar-refractivity contribution >= 4 is 0 Å². The minimum Gasteiger partial charge on any atom is -0.489 e. The van der Waals surface area contributed by atoms with E-state index in [0.29, 0.717) is 6.61 Å². The highest BCUT2D eigenvalue weighted by molar-refractivity contribution is 5.40. The SMILES string of the molecule is Cc1ccc(F)cc1COc1ccc2c(c1)CCC2N. The Bertz CT molecular complexity index is 639. The molecular weight excluding hydrogens is 253 g/mol. The molecule has 0 amide bonds. The van der Waals surface area contributed by atoms with Gasteiger partial charge in [-0.2, -0.15) is 0 Å². The molecular formula is C17H18FNO. The molecule has 0 heterocycles. The maximum Gasteiger partial charge on any atom is 0.123 e. The second-order valence-corrected chi connectivity index (χ2v) is 5.37. The fourth-order valence-corrected chi connectivity index (χ4v) is 2.67. The number of benzene rings is 2. The van der Waals surface area contributed by atoms with Gasteiger partial charge < -0.3 is 10.5 Å². The van der Waals surface area contributed by atoms with Crippen molar-refractivity contribution in [3.8, 4) is 5.75 Å². The molecule has 2 aromatic carbocycles. The van der Waals surface area contributed by atoms with Crippen LogP contribution in [0.15, 0.2) is 36.4 Å². The van der Waals surface area contributed by atoms with Gasteiger partial charge in [-0.3, -0.25) is 0 Å². The number of aryl methyl sites for hydroxylation is 2. The number of halogens is 1. The molecule has 0 bridgehead atoms. The summed E-state index contributed by atoms with van der Waals surface area (Å²) in [5.74, 6) is 0.593. The Hall–Kier alpha value is -1.87. The van der Waals surface area contributed by atoms with E-state index in [1.54, 1.807) is 6.07 Å². The molecule has 2 aromatic rings. The van der Waals surface area contributed by atoms with E-state index in [9.17, 15) is 4.39 Å². The van der Waals surface area contributed by atoms with Crippen molar-refractivity contribution in [2.75, 3.05) is 0 Å². The fourth-order valence-electron chi connectivity index (χ4n) is 2.67. The summed E-state index contributed by atoms with van der Waals surface area (Å²) in [6.45, 7) is 2.34. The van der Waals surface area contributed by atoms with Crippen LogP contribution in [-0.2, 0) is 13.0 Å². The summed E-state index contributed by atoms with van der Waals surface area (Å²) in [5.41, 5.74) is 10.4. The van der Waals surface area contributed by atoms with Crippen LogP contribution in [0, 0.1) is 12.7 Å². The number of ether oxygens (including phenoxy) is 1. The van der Waals surface area contributed by atoms with Crippen molar-refractivity contribution in [3.63, 3.8) is 0 Å². The number of hydrogen-bond donors (Lipinski definition) is 1. The van der Waals surface area contributed by atoms with Crippen LogP contribution in [0.3, 0.4) is 0 Å². The molecule has 2 nitrogen and oxygen atoms in total. The number of fused-ring (bicyclic) bond motifs is 1. The van der Waals surface area contributed by atoms with Gasteiger partial charge in [0.2, 0.25) is 0 Å². The normalized spacial score (nSPS) is 17.1. The first kappa shape index (κ1) is 13.1. The third-order valence-corrected chi connectivity index (χ3v) is 3.94. The predicted molar refractivity (Wildman–Crippen MR) is 77.2 cm³/mol. The summed E-state index contributed by atoms with van der Waals surface area (Å²) < 4.78 is 19.0. The van der Waals surface area contributed by atoms with Crippen LogP contribution in [0.2, 0.25) is 0 Å². The van der Waals surface area contributed by atoms with E-state index < -0.39 is 0 Å². The van der Waals surface area contributed by atoms with Crippen molar-refractivity contribution < 1.29 is 9.13 Å². The molecule has 0 saturated carbocycles. The summed E-state index contributed by atoms with van der Waals surface area (Å²) in [5, 5.41) is 0. The lowest BCUT2D eigenvalue weighted by Gasteiger charge is -2.11. The van der Waals surface area contributed by atoms with Crippen molar-refractivity contribution in [3.05, 3.63) is 64.5 Å². The van der Waals surface area contributed by atoms with E-state index in [-0.39, 0.29) is 11.9 Å². The zero-order valence-electron chi connectivity index (χ0n) is 11.5. The summed E-state index contributed by atoms with van der Waals surface area (Å²) in [7, 11) is 0. The lowest BCUT2D eigenvalue weighted by atomic mass is 10.1. The van der Waals surface area contributed by atoms with Gasteiger partial charge in [-0.25, -0.2) is 4.39 Å². The molecule has 20 heavy (non-hydrogen) atoms. The van der Waals surface area contributed by atoms with Crippen LogP contribution in [0.4, 0.5) is 4.39 Å². The van der Waals surface area contributed by atoms with Gasteiger partial charge in [-0.05, 0) is 66.3 Å². The Morgan fingerprint density at radius 3 is 2.95 bits per heavy atom. The highest BCUT2D eigenvalue weighted by Gasteiger charge is 2.19. The molecule has 104 valence electrons. The van der Waals surface area contributed by atoms with Gasteiger partial charge in [0, 0.05) is 6.04 Å². The smallest absolute Gasteiger partial charge is 0.123 e. The quantitative estimate of drug-likeness (QED) is 0.924. The molecule has 0 saturated heterocycles. The second kappa shape index (κ2) is 5.25. The summed E-state index contributed by atoms with van der Waals surface area (Å²) in [6.07, 6.45) is 2.01. The Morgan fingerprint density at radius 2 is 2.10 bits per heavy atom. The topological polar surface area (TPSA) is 35.2 Å². The largest absolute Gasteiger partial charge is 0.489 e. The first-order chi connectivity index (χ1) is 9.63. The minimum absolute atomic E-state index is 0.157. The zero-order valence-corrected chi connectivity index (χ0v) is 11.5. The van der Waals surface area contributed by atoms with Crippen molar-refractivity contribution in [2.24, 2.45) is 5.73 Å². The summed E-state index contributed by atoms with van der Waals surface area (Å²) in [4.78, 5) is 0. The molecule has 0 aromatic heterocycles.